The van der Waals surface area contributed by atoms with Gasteiger partial charge in [-0.25, -0.2) is 10.4 Å². The van der Waals surface area contributed by atoms with E-state index in [2.05, 4.69) is 20.8 Å². The van der Waals surface area contributed by atoms with Crippen molar-refractivity contribution in [1.29, 1.82) is 0 Å². The molecular formula is C21H18Cl2N4O2. The number of nitrogens with zero attached hydrogens (tertiary/aromatic N) is 2. The highest BCUT2D eigenvalue weighted by Gasteiger charge is 2.07. The van der Waals surface area contributed by atoms with Crippen LogP contribution in [-0.4, -0.2) is 17.1 Å². The second-order valence-corrected chi connectivity index (χ2v) is 6.83. The molecule has 0 radical (unpaired) electrons. The van der Waals surface area contributed by atoms with E-state index in [1.54, 1.807) is 12.1 Å². The molecule has 1 amide bonds. The first kappa shape index (κ1) is 20.8. The molecule has 0 spiro atoms. The number of aryl methyl sites for hydroxylation is 1. The van der Waals surface area contributed by atoms with Crippen LogP contribution in [0.5, 0.6) is 11.5 Å². The Kier molecular flexibility index (Phi) is 7.19. The molecule has 1 heterocycles. The Morgan fingerprint density at radius 2 is 1.72 bits per heavy atom. The van der Waals surface area contributed by atoms with E-state index in [1.807, 2.05) is 43.3 Å². The van der Waals surface area contributed by atoms with E-state index in [0.717, 1.165) is 11.3 Å². The number of carbonyl (C=O) groups is 1. The lowest BCUT2D eigenvalue weighted by molar-refractivity contribution is -0.115. The molecule has 29 heavy (non-hydrogen) atoms. The number of hydrazine groups is 1. The van der Waals surface area contributed by atoms with Gasteiger partial charge in [0.15, 0.2) is 5.75 Å². The lowest BCUT2D eigenvalue weighted by Gasteiger charge is -2.10. The summed E-state index contributed by atoms with van der Waals surface area (Å²) < 4.78 is 5.94. The maximum Gasteiger partial charge on any atom is 0.276 e. The summed E-state index contributed by atoms with van der Waals surface area (Å²) in [6.07, 6.45) is 4.14. The first-order valence-corrected chi connectivity index (χ1v) is 9.47. The Morgan fingerprint density at radius 1 is 1.07 bits per heavy atom. The van der Waals surface area contributed by atoms with Crippen molar-refractivity contribution in [2.75, 3.05) is 0 Å². The zero-order chi connectivity index (χ0) is 20.6. The highest BCUT2D eigenvalue weighted by atomic mass is 35.5. The van der Waals surface area contributed by atoms with Crippen molar-refractivity contribution in [2.45, 2.75) is 13.5 Å². The summed E-state index contributed by atoms with van der Waals surface area (Å²) in [5.41, 5.74) is 7.45. The third-order valence-corrected chi connectivity index (χ3v) is 4.58. The van der Waals surface area contributed by atoms with Crippen molar-refractivity contribution < 1.29 is 9.53 Å². The minimum atomic E-state index is -0.433. The van der Waals surface area contributed by atoms with Gasteiger partial charge in [-0.05, 0) is 30.7 Å². The molecule has 2 aromatic carbocycles. The predicted octanol–water partition coefficient (Wildman–Crippen LogP) is 5.01. The summed E-state index contributed by atoms with van der Waals surface area (Å²) in [4.78, 5) is 20.2. The second-order valence-electron chi connectivity index (χ2n) is 6.02. The molecule has 0 aliphatic heterocycles. The summed E-state index contributed by atoms with van der Waals surface area (Å²) >= 11 is 12.1. The van der Waals surface area contributed by atoms with Crippen LogP contribution in [0.3, 0.4) is 0 Å². The highest BCUT2D eigenvalue weighted by molar-refractivity contribution is 6.35. The van der Waals surface area contributed by atoms with E-state index in [4.69, 9.17) is 27.9 Å². The van der Waals surface area contributed by atoms with Gasteiger partial charge >= 0.3 is 0 Å². The molecule has 0 aliphatic carbocycles. The van der Waals surface area contributed by atoms with Crippen molar-refractivity contribution in [3.8, 4) is 11.5 Å². The van der Waals surface area contributed by atoms with Gasteiger partial charge in [-0.1, -0.05) is 53.5 Å². The lowest BCUT2D eigenvalue weighted by Crippen LogP contribution is -2.37. The molecule has 3 rings (SSSR count). The first-order chi connectivity index (χ1) is 14.0. The number of pyridine rings is 1. The summed E-state index contributed by atoms with van der Waals surface area (Å²) in [6.45, 7) is 2.20. The zero-order valence-corrected chi connectivity index (χ0v) is 17.0. The Hall–Kier alpha value is -2.93. The molecule has 148 valence electrons. The van der Waals surface area contributed by atoms with Crippen LogP contribution >= 0.6 is 23.2 Å². The second kappa shape index (κ2) is 10.0. The largest absolute Gasteiger partial charge is 0.455 e. The van der Waals surface area contributed by atoms with Crippen LogP contribution in [0.2, 0.25) is 10.0 Å². The maximum absolute atomic E-state index is 12.1. The standard InChI is InChI=1S/C21H18Cl2N4O2/c1-14-6-2-4-8-19(14)29-20-9-5-3-7-18(20)25-13-21(28)27-26-10-15-16(22)11-24-12-17(15)23/h2-9,11-13,26H,10H2,1H3,(H,27,28). The van der Waals surface area contributed by atoms with Gasteiger partial charge in [0, 0.05) is 24.5 Å². The van der Waals surface area contributed by atoms with Gasteiger partial charge in [0.1, 0.15) is 11.4 Å². The molecule has 0 atom stereocenters. The number of aromatic nitrogens is 1. The zero-order valence-electron chi connectivity index (χ0n) is 15.5. The number of hydrogen-bond acceptors (Lipinski definition) is 5. The van der Waals surface area contributed by atoms with Crippen molar-refractivity contribution in [2.24, 2.45) is 4.99 Å². The highest BCUT2D eigenvalue weighted by Crippen LogP contribution is 2.32. The Balaban J connectivity index is 1.61. The Bertz CT molecular complexity index is 1020. The van der Waals surface area contributed by atoms with E-state index < -0.39 is 5.91 Å². The van der Waals surface area contributed by atoms with Crippen molar-refractivity contribution in [3.05, 3.63) is 82.1 Å². The fraction of sp³-hybridized carbons (Fsp3) is 0.0952. The average Bonchev–Trinajstić information content (AvgIpc) is 2.71. The fourth-order valence-corrected chi connectivity index (χ4v) is 2.92. The predicted molar refractivity (Wildman–Crippen MR) is 115 cm³/mol. The molecule has 0 aliphatic rings. The van der Waals surface area contributed by atoms with Crippen LogP contribution < -0.4 is 15.6 Å². The SMILES string of the molecule is Cc1ccccc1Oc1ccccc1N=CC(=O)NNCc1c(Cl)cncc1Cl. The number of aliphatic imine (C=N–C) groups is 1. The van der Waals surface area contributed by atoms with Gasteiger partial charge in [0.05, 0.1) is 16.3 Å². The van der Waals surface area contributed by atoms with E-state index in [9.17, 15) is 4.79 Å². The first-order valence-electron chi connectivity index (χ1n) is 8.72. The van der Waals surface area contributed by atoms with Crippen LogP contribution in [0.25, 0.3) is 0 Å². The Labute approximate surface area is 178 Å². The minimum absolute atomic E-state index is 0.243. The van der Waals surface area contributed by atoms with Crippen LogP contribution in [0, 0.1) is 6.92 Å². The molecule has 1 aromatic heterocycles. The fourth-order valence-electron chi connectivity index (χ4n) is 2.43. The van der Waals surface area contributed by atoms with Crippen LogP contribution in [0.1, 0.15) is 11.1 Å². The number of benzene rings is 2. The minimum Gasteiger partial charge on any atom is -0.455 e. The van der Waals surface area contributed by atoms with Gasteiger partial charge in [-0.2, -0.15) is 0 Å². The van der Waals surface area contributed by atoms with Gasteiger partial charge in [0.2, 0.25) is 0 Å². The number of para-hydroxylation sites is 3. The monoisotopic (exact) mass is 428 g/mol. The lowest BCUT2D eigenvalue weighted by atomic mass is 10.2. The van der Waals surface area contributed by atoms with E-state index in [1.165, 1.54) is 18.6 Å². The van der Waals surface area contributed by atoms with Gasteiger partial charge < -0.3 is 4.74 Å². The summed E-state index contributed by atoms with van der Waals surface area (Å²) in [5.74, 6) is 0.846. The van der Waals surface area contributed by atoms with Crippen molar-refractivity contribution >= 4 is 41.0 Å². The van der Waals surface area contributed by atoms with E-state index >= 15 is 0 Å². The van der Waals surface area contributed by atoms with E-state index in [-0.39, 0.29) is 6.54 Å². The molecular weight excluding hydrogens is 411 g/mol. The quantitative estimate of drug-likeness (QED) is 0.409. The Morgan fingerprint density at radius 3 is 2.45 bits per heavy atom. The molecule has 0 saturated heterocycles. The number of rotatable bonds is 7. The van der Waals surface area contributed by atoms with Crippen LogP contribution in [0.15, 0.2) is 65.9 Å². The summed E-state index contributed by atoms with van der Waals surface area (Å²) in [5, 5.41) is 0.824. The van der Waals surface area contributed by atoms with Crippen molar-refractivity contribution in [1.82, 2.24) is 15.8 Å². The average molecular weight is 429 g/mol. The summed E-state index contributed by atoms with van der Waals surface area (Å²) in [7, 11) is 0. The number of nitrogens with one attached hydrogen (secondary N) is 2. The maximum atomic E-state index is 12.1. The molecule has 2 N–H and O–H groups in total. The number of hydrogen-bond donors (Lipinski definition) is 2. The molecule has 8 heteroatoms. The van der Waals surface area contributed by atoms with Crippen LogP contribution in [-0.2, 0) is 11.3 Å². The van der Waals surface area contributed by atoms with Gasteiger partial charge in [0.25, 0.3) is 5.91 Å². The number of ether oxygens (including phenoxy) is 1. The summed E-state index contributed by atoms with van der Waals surface area (Å²) in [6, 6.07) is 14.9. The number of halogens is 2. The third-order valence-electron chi connectivity index (χ3n) is 3.93. The van der Waals surface area contributed by atoms with Gasteiger partial charge in [-0.3, -0.25) is 15.2 Å². The molecule has 0 unspecified atom stereocenters. The normalized spacial score (nSPS) is 10.9. The van der Waals surface area contributed by atoms with Crippen LogP contribution in [0.4, 0.5) is 5.69 Å². The molecule has 0 fully saturated rings. The molecule has 0 saturated carbocycles. The number of carbonyl (C=O) groups excluding carboxylic acids is 1. The van der Waals surface area contributed by atoms with Gasteiger partial charge in [-0.15, -0.1) is 0 Å². The smallest absolute Gasteiger partial charge is 0.276 e. The molecule has 6 nitrogen and oxygen atoms in total. The molecule has 0 bridgehead atoms. The third kappa shape index (κ3) is 5.77. The molecule has 3 aromatic rings. The topological polar surface area (TPSA) is 75.6 Å². The van der Waals surface area contributed by atoms with E-state index in [0.29, 0.717) is 27.0 Å². The van der Waals surface area contributed by atoms with Crippen molar-refractivity contribution in [3.63, 3.8) is 0 Å². The number of amides is 1.